The monoisotopic (exact) mass is 559 g/mol. The van der Waals surface area contributed by atoms with Gasteiger partial charge in [-0.25, -0.2) is 9.97 Å². The van der Waals surface area contributed by atoms with Crippen LogP contribution in [0.5, 0.6) is 0 Å². The predicted molar refractivity (Wildman–Crippen MR) is 181 cm³/mol. The Kier molecular flexibility index (Phi) is 6.18. The molecule has 204 valence electrons. The average molecular weight is 560 g/mol. The van der Waals surface area contributed by atoms with Gasteiger partial charge in [-0.3, -0.25) is 0 Å². The summed E-state index contributed by atoms with van der Waals surface area (Å²) in [6.45, 7) is 0. The van der Waals surface area contributed by atoms with Crippen LogP contribution in [0.3, 0.4) is 0 Å². The van der Waals surface area contributed by atoms with Crippen LogP contribution in [0.15, 0.2) is 152 Å². The van der Waals surface area contributed by atoms with Gasteiger partial charge in [-0.1, -0.05) is 127 Å². The zero-order valence-corrected chi connectivity index (χ0v) is 23.8. The van der Waals surface area contributed by atoms with E-state index in [-0.39, 0.29) is 0 Å². The Balaban J connectivity index is 1.22. The normalized spacial score (nSPS) is 11.2. The maximum Gasteiger partial charge on any atom is 0.0991 e. The lowest BCUT2D eigenvalue weighted by molar-refractivity contribution is 1.37. The smallest absolute Gasteiger partial charge is 0.0991 e. The van der Waals surface area contributed by atoms with Crippen LogP contribution in [0.2, 0.25) is 0 Å². The Labute approximate surface area is 255 Å². The predicted octanol–water partition coefficient (Wildman–Crippen LogP) is 10.5. The van der Waals surface area contributed by atoms with E-state index in [0.29, 0.717) is 5.56 Å². The van der Waals surface area contributed by atoms with E-state index in [1.807, 2.05) is 42.5 Å². The van der Waals surface area contributed by atoms with Gasteiger partial charge in [0.15, 0.2) is 0 Å². The molecule has 6 aromatic carbocycles. The van der Waals surface area contributed by atoms with Crippen molar-refractivity contribution in [3.8, 4) is 50.8 Å². The third-order valence-electron chi connectivity index (χ3n) is 8.33. The highest BCUT2D eigenvalue weighted by atomic mass is 14.8. The quantitative estimate of drug-likeness (QED) is 0.202. The number of nitriles is 1. The van der Waals surface area contributed by atoms with Gasteiger partial charge in [0.25, 0.3) is 0 Å². The molecule has 44 heavy (non-hydrogen) atoms. The summed E-state index contributed by atoms with van der Waals surface area (Å²) >= 11 is 0. The topological polar surface area (TPSA) is 49.6 Å². The summed E-state index contributed by atoms with van der Waals surface area (Å²) < 4.78 is 0. The Bertz CT molecular complexity index is 2370. The van der Waals surface area contributed by atoms with Crippen molar-refractivity contribution in [1.29, 1.82) is 5.26 Å². The van der Waals surface area contributed by atoms with Crippen LogP contribution in [0, 0.1) is 11.3 Å². The summed E-state index contributed by atoms with van der Waals surface area (Å²) in [5, 5.41) is 13.6. The van der Waals surface area contributed by atoms with Crippen molar-refractivity contribution in [3.05, 3.63) is 157 Å². The first-order valence-corrected chi connectivity index (χ1v) is 14.6. The molecule has 0 amide bonds. The molecule has 8 rings (SSSR count). The van der Waals surface area contributed by atoms with Crippen LogP contribution < -0.4 is 0 Å². The molecule has 0 aliphatic heterocycles. The number of benzene rings is 6. The summed E-state index contributed by atoms with van der Waals surface area (Å²) in [6.07, 6.45) is 0. The number of hydrogen-bond donors (Lipinski definition) is 0. The summed E-state index contributed by atoms with van der Waals surface area (Å²) in [5.74, 6) is 0. The van der Waals surface area contributed by atoms with Crippen LogP contribution in [-0.2, 0) is 0 Å². The number of nitrogens with zero attached hydrogens (tertiary/aromatic N) is 3. The second kappa shape index (κ2) is 10.6. The Hall–Kier alpha value is -6.11. The van der Waals surface area contributed by atoms with Gasteiger partial charge in [0.2, 0.25) is 0 Å². The minimum absolute atomic E-state index is 0.666. The fourth-order valence-electron chi connectivity index (χ4n) is 6.04. The van der Waals surface area contributed by atoms with E-state index in [1.165, 1.54) is 10.9 Å². The first-order valence-electron chi connectivity index (χ1n) is 14.6. The second-order valence-electron chi connectivity index (χ2n) is 10.9. The number of aromatic nitrogens is 2. The Morgan fingerprint density at radius 3 is 1.55 bits per heavy atom. The van der Waals surface area contributed by atoms with Crippen molar-refractivity contribution in [2.45, 2.75) is 0 Å². The molecule has 2 aromatic heterocycles. The second-order valence-corrected chi connectivity index (χ2v) is 10.9. The molecule has 3 nitrogen and oxygen atoms in total. The average Bonchev–Trinajstić information content (AvgIpc) is 3.11. The van der Waals surface area contributed by atoms with E-state index >= 15 is 0 Å². The lowest BCUT2D eigenvalue weighted by Crippen LogP contribution is -1.92. The van der Waals surface area contributed by atoms with Crippen molar-refractivity contribution in [2.24, 2.45) is 0 Å². The number of pyridine rings is 2. The van der Waals surface area contributed by atoms with Gasteiger partial charge in [0.05, 0.1) is 34.1 Å². The van der Waals surface area contributed by atoms with E-state index in [4.69, 9.17) is 15.2 Å². The Morgan fingerprint density at radius 2 is 0.886 bits per heavy atom. The lowest BCUT2D eigenvalue weighted by atomic mass is 9.92. The minimum atomic E-state index is 0.666. The molecule has 0 fully saturated rings. The maximum absolute atomic E-state index is 9.12. The highest BCUT2D eigenvalue weighted by molar-refractivity contribution is 6.07. The number of rotatable bonds is 4. The summed E-state index contributed by atoms with van der Waals surface area (Å²) in [6, 6.07) is 54.5. The first kappa shape index (κ1) is 25.6. The minimum Gasteiger partial charge on any atom is -0.245 e. The summed E-state index contributed by atoms with van der Waals surface area (Å²) in [5.41, 5.74) is 11.1. The zero-order chi connectivity index (χ0) is 29.5. The lowest BCUT2D eigenvalue weighted by Gasteiger charge is -2.13. The van der Waals surface area contributed by atoms with Crippen LogP contribution >= 0.6 is 0 Å². The molecule has 2 heterocycles. The van der Waals surface area contributed by atoms with E-state index in [9.17, 15) is 0 Å². The molecule has 8 aromatic rings. The molecule has 0 radical (unpaired) electrons. The summed E-state index contributed by atoms with van der Waals surface area (Å²) in [4.78, 5) is 10.3. The number of hydrogen-bond acceptors (Lipinski definition) is 3. The first-order chi connectivity index (χ1) is 21.7. The van der Waals surface area contributed by atoms with Crippen LogP contribution in [-0.4, -0.2) is 9.97 Å². The van der Waals surface area contributed by atoms with Gasteiger partial charge in [0.1, 0.15) is 0 Å². The molecule has 0 aliphatic carbocycles. The van der Waals surface area contributed by atoms with Crippen molar-refractivity contribution in [1.82, 2.24) is 9.97 Å². The van der Waals surface area contributed by atoms with Gasteiger partial charge in [-0.2, -0.15) is 5.26 Å². The molecule has 0 N–H and O–H groups in total. The van der Waals surface area contributed by atoms with Gasteiger partial charge in [-0.15, -0.1) is 0 Å². The van der Waals surface area contributed by atoms with Gasteiger partial charge >= 0.3 is 0 Å². The van der Waals surface area contributed by atoms with E-state index in [0.717, 1.165) is 66.4 Å². The molecule has 0 unspecified atom stereocenters. The van der Waals surface area contributed by atoms with Crippen LogP contribution in [0.25, 0.3) is 77.3 Å². The standard InChI is InChI=1S/C41H25N3/c42-26-27-10-12-28(13-11-27)29-14-16-30(17-15-29)34-22-23-37(36-9-5-4-8-35(34)36)39-25-21-33-19-18-32-20-24-38(31-6-2-1-3-7-31)43-40(32)41(33)44-39/h1-25H. The van der Waals surface area contributed by atoms with Gasteiger partial charge < -0.3 is 0 Å². The molecule has 3 heteroatoms. The fraction of sp³-hybridized carbons (Fsp3) is 0. The summed E-state index contributed by atoms with van der Waals surface area (Å²) in [7, 11) is 0. The largest absolute Gasteiger partial charge is 0.245 e. The fourth-order valence-corrected chi connectivity index (χ4v) is 6.04. The van der Waals surface area contributed by atoms with Gasteiger partial charge in [0, 0.05) is 21.9 Å². The van der Waals surface area contributed by atoms with E-state index in [1.54, 1.807) is 0 Å². The number of fused-ring (bicyclic) bond motifs is 4. The van der Waals surface area contributed by atoms with Crippen molar-refractivity contribution in [3.63, 3.8) is 0 Å². The maximum atomic E-state index is 9.12. The molecule has 0 saturated carbocycles. The van der Waals surface area contributed by atoms with Gasteiger partial charge in [-0.05, 0) is 57.3 Å². The third kappa shape index (κ3) is 4.47. The van der Waals surface area contributed by atoms with E-state index in [2.05, 4.69) is 115 Å². The molecule has 0 bridgehead atoms. The molecular formula is C41H25N3. The van der Waals surface area contributed by atoms with Crippen LogP contribution in [0.4, 0.5) is 0 Å². The molecule has 0 saturated heterocycles. The highest BCUT2D eigenvalue weighted by Crippen LogP contribution is 2.37. The van der Waals surface area contributed by atoms with E-state index < -0.39 is 0 Å². The zero-order valence-electron chi connectivity index (χ0n) is 23.8. The molecule has 0 aliphatic rings. The van der Waals surface area contributed by atoms with Crippen molar-refractivity contribution < 1.29 is 0 Å². The Morgan fingerprint density at radius 1 is 0.386 bits per heavy atom. The SMILES string of the molecule is N#Cc1ccc(-c2ccc(-c3ccc(-c4ccc5ccc6ccc(-c7ccccc7)nc6c5n4)c4ccccc34)cc2)cc1. The van der Waals surface area contributed by atoms with Crippen LogP contribution in [0.1, 0.15) is 5.56 Å². The van der Waals surface area contributed by atoms with Crippen molar-refractivity contribution >= 4 is 32.6 Å². The molecule has 0 spiro atoms. The third-order valence-corrected chi connectivity index (χ3v) is 8.33. The molecular weight excluding hydrogens is 534 g/mol. The van der Waals surface area contributed by atoms with Crippen molar-refractivity contribution in [2.75, 3.05) is 0 Å². The highest BCUT2D eigenvalue weighted by Gasteiger charge is 2.13. The molecule has 0 atom stereocenters.